The standard InChI is InChI=1S/C10H9NO2/c1-3-7-4-8(11)5-9(6(7)2)10(12)13/h1,4-5H,11H2,2H3,(H,12,13). The third kappa shape index (κ3) is 1.62. The normalized spacial score (nSPS) is 9.23. The van der Waals surface area contributed by atoms with Gasteiger partial charge in [-0.25, -0.2) is 4.79 Å². The predicted molar refractivity (Wildman–Crippen MR) is 50.5 cm³/mol. The van der Waals surface area contributed by atoms with Crippen molar-refractivity contribution in [2.24, 2.45) is 0 Å². The van der Waals surface area contributed by atoms with Gasteiger partial charge in [0, 0.05) is 11.3 Å². The van der Waals surface area contributed by atoms with E-state index < -0.39 is 5.97 Å². The third-order valence-electron chi connectivity index (χ3n) is 1.82. The Labute approximate surface area is 76.2 Å². The van der Waals surface area contributed by atoms with Crippen molar-refractivity contribution in [3.8, 4) is 12.3 Å². The van der Waals surface area contributed by atoms with Crippen molar-refractivity contribution >= 4 is 11.7 Å². The Kier molecular flexibility index (Phi) is 2.25. The topological polar surface area (TPSA) is 63.3 Å². The molecule has 0 heterocycles. The fraction of sp³-hybridized carbons (Fsp3) is 0.100. The molecule has 0 spiro atoms. The summed E-state index contributed by atoms with van der Waals surface area (Å²) >= 11 is 0. The minimum atomic E-state index is -1.01. The Morgan fingerprint density at radius 2 is 2.23 bits per heavy atom. The predicted octanol–water partition coefficient (Wildman–Crippen LogP) is 1.26. The first kappa shape index (κ1) is 9.14. The van der Waals surface area contributed by atoms with Crippen molar-refractivity contribution in [2.75, 3.05) is 5.73 Å². The Balaban J connectivity index is 3.47. The number of nitrogens with two attached hydrogens (primary N) is 1. The fourth-order valence-corrected chi connectivity index (χ4v) is 1.11. The second-order valence-corrected chi connectivity index (χ2v) is 2.69. The number of terminal acetylenes is 1. The lowest BCUT2D eigenvalue weighted by Gasteiger charge is -2.04. The Morgan fingerprint density at radius 1 is 1.62 bits per heavy atom. The molecule has 0 aromatic heterocycles. The SMILES string of the molecule is C#Cc1cc(N)cc(C(=O)O)c1C. The quantitative estimate of drug-likeness (QED) is 0.499. The van der Waals surface area contributed by atoms with Crippen molar-refractivity contribution in [1.29, 1.82) is 0 Å². The Hall–Kier alpha value is -1.95. The molecule has 1 aromatic carbocycles. The van der Waals surface area contributed by atoms with Gasteiger partial charge in [-0.05, 0) is 24.6 Å². The molecule has 13 heavy (non-hydrogen) atoms. The van der Waals surface area contributed by atoms with Crippen LogP contribution in [0.5, 0.6) is 0 Å². The van der Waals surface area contributed by atoms with Gasteiger partial charge < -0.3 is 10.8 Å². The highest BCUT2D eigenvalue weighted by atomic mass is 16.4. The third-order valence-corrected chi connectivity index (χ3v) is 1.82. The molecule has 0 fully saturated rings. The number of aromatic carboxylic acids is 1. The molecule has 0 aliphatic heterocycles. The van der Waals surface area contributed by atoms with Crippen LogP contribution in [0.4, 0.5) is 5.69 Å². The Morgan fingerprint density at radius 3 is 2.69 bits per heavy atom. The van der Waals surface area contributed by atoms with Crippen LogP contribution >= 0.6 is 0 Å². The first-order valence-electron chi connectivity index (χ1n) is 3.66. The van der Waals surface area contributed by atoms with E-state index in [1.807, 2.05) is 0 Å². The second-order valence-electron chi connectivity index (χ2n) is 2.69. The number of nitrogen functional groups attached to an aromatic ring is 1. The van der Waals surface area contributed by atoms with Crippen LogP contribution in [-0.4, -0.2) is 11.1 Å². The second kappa shape index (κ2) is 3.20. The summed E-state index contributed by atoms with van der Waals surface area (Å²) in [5.41, 5.74) is 7.11. The summed E-state index contributed by atoms with van der Waals surface area (Å²) in [6.07, 6.45) is 5.19. The molecule has 0 unspecified atom stereocenters. The molecule has 0 saturated heterocycles. The van der Waals surface area contributed by atoms with Crippen molar-refractivity contribution < 1.29 is 9.90 Å². The van der Waals surface area contributed by atoms with Gasteiger partial charge in [0.1, 0.15) is 0 Å². The molecule has 0 aliphatic carbocycles. The number of hydrogen-bond donors (Lipinski definition) is 2. The van der Waals surface area contributed by atoms with Gasteiger partial charge in [0.25, 0.3) is 0 Å². The molecule has 0 amide bonds. The average molecular weight is 175 g/mol. The van der Waals surface area contributed by atoms with Crippen LogP contribution in [0, 0.1) is 19.3 Å². The van der Waals surface area contributed by atoms with E-state index in [4.69, 9.17) is 17.3 Å². The molecular weight excluding hydrogens is 166 g/mol. The first-order valence-corrected chi connectivity index (χ1v) is 3.66. The molecule has 0 atom stereocenters. The van der Waals surface area contributed by atoms with Gasteiger partial charge in [0.2, 0.25) is 0 Å². The van der Waals surface area contributed by atoms with E-state index in [0.717, 1.165) is 0 Å². The van der Waals surface area contributed by atoms with Crippen molar-refractivity contribution in [3.05, 3.63) is 28.8 Å². The minimum absolute atomic E-state index is 0.160. The van der Waals surface area contributed by atoms with Gasteiger partial charge in [-0.3, -0.25) is 0 Å². The van der Waals surface area contributed by atoms with Gasteiger partial charge in [-0.2, -0.15) is 0 Å². The monoisotopic (exact) mass is 175 g/mol. The highest BCUT2D eigenvalue weighted by Gasteiger charge is 2.10. The summed E-state index contributed by atoms with van der Waals surface area (Å²) in [6.45, 7) is 1.66. The lowest BCUT2D eigenvalue weighted by atomic mass is 10.0. The molecule has 1 aromatic rings. The molecule has 1 rings (SSSR count). The van der Waals surface area contributed by atoms with E-state index in [-0.39, 0.29) is 5.56 Å². The molecule has 0 radical (unpaired) electrons. The van der Waals surface area contributed by atoms with Gasteiger partial charge >= 0.3 is 5.97 Å². The van der Waals surface area contributed by atoms with E-state index >= 15 is 0 Å². The molecular formula is C10H9NO2. The number of hydrogen-bond acceptors (Lipinski definition) is 2. The van der Waals surface area contributed by atoms with E-state index in [2.05, 4.69) is 5.92 Å². The number of rotatable bonds is 1. The first-order chi connectivity index (χ1) is 6.06. The molecule has 0 saturated carbocycles. The van der Waals surface area contributed by atoms with Crippen LogP contribution in [0.3, 0.4) is 0 Å². The van der Waals surface area contributed by atoms with Gasteiger partial charge in [0.05, 0.1) is 5.56 Å². The van der Waals surface area contributed by atoms with Crippen molar-refractivity contribution in [1.82, 2.24) is 0 Å². The van der Waals surface area contributed by atoms with E-state index in [1.165, 1.54) is 6.07 Å². The highest BCUT2D eigenvalue weighted by Crippen LogP contribution is 2.17. The summed E-state index contributed by atoms with van der Waals surface area (Å²) in [6, 6.07) is 2.99. The Bertz CT molecular complexity index is 402. The fourth-order valence-electron chi connectivity index (χ4n) is 1.11. The average Bonchev–Trinajstić information content (AvgIpc) is 2.08. The number of carboxylic acid groups (broad SMARTS) is 1. The summed E-state index contributed by atoms with van der Waals surface area (Å²) in [7, 11) is 0. The van der Waals surface area contributed by atoms with E-state index in [0.29, 0.717) is 16.8 Å². The maximum Gasteiger partial charge on any atom is 0.336 e. The van der Waals surface area contributed by atoms with Crippen LogP contribution < -0.4 is 5.73 Å². The maximum atomic E-state index is 10.7. The molecule has 66 valence electrons. The van der Waals surface area contributed by atoms with E-state index in [9.17, 15) is 4.79 Å². The van der Waals surface area contributed by atoms with Crippen LogP contribution in [0.2, 0.25) is 0 Å². The summed E-state index contributed by atoms with van der Waals surface area (Å²) in [5, 5.41) is 8.79. The van der Waals surface area contributed by atoms with Gasteiger partial charge in [0.15, 0.2) is 0 Å². The van der Waals surface area contributed by atoms with Crippen LogP contribution in [0.1, 0.15) is 21.5 Å². The molecule has 3 nitrogen and oxygen atoms in total. The zero-order chi connectivity index (χ0) is 10.0. The van der Waals surface area contributed by atoms with Crippen LogP contribution in [0.15, 0.2) is 12.1 Å². The zero-order valence-electron chi connectivity index (χ0n) is 7.16. The summed E-state index contributed by atoms with van der Waals surface area (Å²) in [5.74, 6) is 1.38. The molecule has 3 heteroatoms. The minimum Gasteiger partial charge on any atom is -0.478 e. The molecule has 3 N–H and O–H groups in total. The zero-order valence-corrected chi connectivity index (χ0v) is 7.16. The van der Waals surface area contributed by atoms with Gasteiger partial charge in [-0.15, -0.1) is 6.42 Å². The lowest BCUT2D eigenvalue weighted by Crippen LogP contribution is -2.03. The smallest absolute Gasteiger partial charge is 0.336 e. The summed E-state index contributed by atoms with van der Waals surface area (Å²) < 4.78 is 0. The number of carbonyl (C=O) groups is 1. The molecule has 0 bridgehead atoms. The largest absolute Gasteiger partial charge is 0.478 e. The van der Waals surface area contributed by atoms with Crippen molar-refractivity contribution in [3.63, 3.8) is 0 Å². The van der Waals surface area contributed by atoms with E-state index in [1.54, 1.807) is 13.0 Å². The molecule has 0 aliphatic rings. The van der Waals surface area contributed by atoms with Crippen LogP contribution in [0.25, 0.3) is 0 Å². The summed E-state index contributed by atoms with van der Waals surface area (Å²) in [4.78, 5) is 10.7. The van der Waals surface area contributed by atoms with Crippen molar-refractivity contribution in [2.45, 2.75) is 6.92 Å². The number of carboxylic acids is 1. The number of benzene rings is 1. The lowest BCUT2D eigenvalue weighted by molar-refractivity contribution is 0.0696. The highest BCUT2D eigenvalue weighted by molar-refractivity contribution is 5.91. The van der Waals surface area contributed by atoms with Gasteiger partial charge in [-0.1, -0.05) is 5.92 Å². The van der Waals surface area contributed by atoms with Crippen LogP contribution in [-0.2, 0) is 0 Å². The maximum absolute atomic E-state index is 10.7. The number of anilines is 1.